The Kier molecular flexibility index (Phi) is 4.56. The monoisotopic (exact) mass is 340 g/mol. The van der Waals surface area contributed by atoms with Gasteiger partial charge >= 0.3 is 0 Å². The Balaban J connectivity index is 1.96. The minimum absolute atomic E-state index is 0.220. The van der Waals surface area contributed by atoms with Crippen LogP contribution in [0.2, 0.25) is 0 Å². The summed E-state index contributed by atoms with van der Waals surface area (Å²) in [4.78, 5) is 18.9. The first kappa shape index (κ1) is 16.4. The highest BCUT2D eigenvalue weighted by atomic mass is 16.5. The fourth-order valence-electron chi connectivity index (χ4n) is 2.24. The molecule has 0 saturated carbocycles. The SMILES string of the molecule is COc1ccc(-c2nc(O)c(Oc3ccccc3OC)c(=O)[nH]2)cc1. The van der Waals surface area contributed by atoms with Crippen molar-refractivity contribution in [1.29, 1.82) is 0 Å². The second-order valence-electron chi connectivity index (χ2n) is 5.05. The third-order valence-corrected chi connectivity index (χ3v) is 3.50. The van der Waals surface area contributed by atoms with E-state index in [1.807, 2.05) is 0 Å². The molecule has 0 bridgehead atoms. The molecule has 0 atom stereocenters. The number of H-pyrrole nitrogens is 1. The summed E-state index contributed by atoms with van der Waals surface area (Å²) in [6.45, 7) is 0. The van der Waals surface area contributed by atoms with E-state index >= 15 is 0 Å². The lowest BCUT2D eigenvalue weighted by molar-refractivity contribution is 0.358. The molecule has 128 valence electrons. The van der Waals surface area contributed by atoms with Gasteiger partial charge in [0.25, 0.3) is 17.2 Å². The zero-order chi connectivity index (χ0) is 17.8. The predicted octanol–water partition coefficient (Wildman–Crippen LogP) is 2.95. The summed E-state index contributed by atoms with van der Waals surface area (Å²) in [6.07, 6.45) is 0. The van der Waals surface area contributed by atoms with Gasteiger partial charge in [0, 0.05) is 5.56 Å². The first-order chi connectivity index (χ1) is 12.1. The van der Waals surface area contributed by atoms with Crippen molar-refractivity contribution in [2.75, 3.05) is 14.2 Å². The number of ether oxygens (including phenoxy) is 3. The molecule has 0 aliphatic heterocycles. The summed E-state index contributed by atoms with van der Waals surface area (Å²) >= 11 is 0. The Bertz CT molecular complexity index is 935. The minimum Gasteiger partial charge on any atom is -0.497 e. The first-order valence-corrected chi connectivity index (χ1v) is 7.41. The lowest BCUT2D eigenvalue weighted by Gasteiger charge is -2.10. The largest absolute Gasteiger partial charge is 0.497 e. The van der Waals surface area contributed by atoms with Crippen LogP contribution in [-0.4, -0.2) is 29.3 Å². The molecular formula is C18H16N2O5. The molecule has 0 aliphatic rings. The van der Waals surface area contributed by atoms with E-state index in [9.17, 15) is 9.90 Å². The number of methoxy groups -OCH3 is 2. The number of para-hydroxylation sites is 2. The number of aromatic hydroxyl groups is 1. The van der Waals surface area contributed by atoms with Gasteiger partial charge in [0.05, 0.1) is 14.2 Å². The van der Waals surface area contributed by atoms with Crippen molar-refractivity contribution < 1.29 is 19.3 Å². The second-order valence-corrected chi connectivity index (χ2v) is 5.05. The predicted molar refractivity (Wildman–Crippen MR) is 91.6 cm³/mol. The molecule has 0 saturated heterocycles. The molecule has 0 aliphatic carbocycles. The van der Waals surface area contributed by atoms with Crippen molar-refractivity contribution in [2.45, 2.75) is 0 Å². The molecule has 0 spiro atoms. The van der Waals surface area contributed by atoms with Crippen LogP contribution in [0.4, 0.5) is 0 Å². The Hall–Kier alpha value is -3.48. The number of rotatable bonds is 5. The van der Waals surface area contributed by atoms with Crippen molar-refractivity contribution in [2.24, 2.45) is 0 Å². The zero-order valence-corrected chi connectivity index (χ0v) is 13.6. The lowest BCUT2D eigenvalue weighted by Crippen LogP contribution is -2.12. The number of hydrogen-bond donors (Lipinski definition) is 2. The van der Waals surface area contributed by atoms with Crippen LogP contribution in [0.5, 0.6) is 28.9 Å². The van der Waals surface area contributed by atoms with E-state index in [-0.39, 0.29) is 11.6 Å². The summed E-state index contributed by atoms with van der Waals surface area (Å²) in [6, 6.07) is 13.7. The standard InChI is InChI=1S/C18H16N2O5/c1-23-12-9-7-11(8-10-12)16-19-17(21)15(18(22)20-16)25-14-6-4-3-5-13(14)24-2/h3-10H,1-2H3,(H2,19,20,21,22). The van der Waals surface area contributed by atoms with Crippen LogP contribution >= 0.6 is 0 Å². The maximum Gasteiger partial charge on any atom is 0.298 e. The molecule has 3 rings (SSSR count). The van der Waals surface area contributed by atoms with Gasteiger partial charge in [-0.05, 0) is 36.4 Å². The summed E-state index contributed by atoms with van der Waals surface area (Å²) in [5.74, 6) is 0.802. The summed E-state index contributed by atoms with van der Waals surface area (Å²) in [7, 11) is 3.04. The second kappa shape index (κ2) is 6.96. The smallest absolute Gasteiger partial charge is 0.298 e. The van der Waals surface area contributed by atoms with Gasteiger partial charge in [-0.25, -0.2) is 0 Å². The van der Waals surface area contributed by atoms with Gasteiger partial charge in [-0.1, -0.05) is 12.1 Å². The molecule has 2 N–H and O–H groups in total. The van der Waals surface area contributed by atoms with Crippen LogP contribution in [0.25, 0.3) is 11.4 Å². The highest BCUT2D eigenvalue weighted by molar-refractivity contribution is 5.57. The Morgan fingerprint density at radius 3 is 2.24 bits per heavy atom. The van der Waals surface area contributed by atoms with Crippen molar-refractivity contribution in [1.82, 2.24) is 9.97 Å². The van der Waals surface area contributed by atoms with E-state index in [4.69, 9.17) is 14.2 Å². The molecule has 0 fully saturated rings. The Labute approximate surface area is 143 Å². The van der Waals surface area contributed by atoms with E-state index < -0.39 is 11.4 Å². The van der Waals surface area contributed by atoms with Gasteiger partial charge in [-0.15, -0.1) is 0 Å². The summed E-state index contributed by atoms with van der Waals surface area (Å²) < 4.78 is 15.7. The average Bonchev–Trinajstić information content (AvgIpc) is 2.65. The van der Waals surface area contributed by atoms with E-state index in [1.54, 1.807) is 55.6 Å². The average molecular weight is 340 g/mol. The van der Waals surface area contributed by atoms with Gasteiger partial charge in [-0.3, -0.25) is 4.79 Å². The number of aromatic amines is 1. The van der Waals surface area contributed by atoms with Crippen LogP contribution in [0, 0.1) is 0 Å². The quantitative estimate of drug-likeness (QED) is 0.742. The van der Waals surface area contributed by atoms with Crippen LogP contribution < -0.4 is 19.8 Å². The normalized spacial score (nSPS) is 10.3. The molecule has 0 radical (unpaired) electrons. The molecule has 25 heavy (non-hydrogen) atoms. The molecule has 2 aromatic carbocycles. The molecular weight excluding hydrogens is 324 g/mol. The third kappa shape index (κ3) is 3.40. The highest BCUT2D eigenvalue weighted by Crippen LogP contribution is 2.33. The molecule has 7 heteroatoms. The van der Waals surface area contributed by atoms with Crippen LogP contribution in [-0.2, 0) is 0 Å². The first-order valence-electron chi connectivity index (χ1n) is 7.41. The summed E-state index contributed by atoms with van der Waals surface area (Å²) in [5, 5.41) is 10.1. The van der Waals surface area contributed by atoms with E-state index in [1.165, 1.54) is 7.11 Å². The fraction of sp³-hybridized carbons (Fsp3) is 0.111. The Morgan fingerprint density at radius 1 is 0.960 bits per heavy atom. The van der Waals surface area contributed by atoms with Crippen LogP contribution in [0.3, 0.4) is 0 Å². The molecule has 0 amide bonds. The molecule has 0 unspecified atom stereocenters. The van der Waals surface area contributed by atoms with Crippen LogP contribution in [0.1, 0.15) is 0 Å². The van der Waals surface area contributed by atoms with E-state index in [0.717, 1.165) is 0 Å². The topological polar surface area (TPSA) is 93.7 Å². The lowest BCUT2D eigenvalue weighted by atomic mass is 10.2. The van der Waals surface area contributed by atoms with Gasteiger partial charge in [0.2, 0.25) is 0 Å². The van der Waals surface area contributed by atoms with Crippen LogP contribution in [0.15, 0.2) is 53.3 Å². The molecule has 7 nitrogen and oxygen atoms in total. The van der Waals surface area contributed by atoms with Gasteiger partial charge in [0.1, 0.15) is 11.6 Å². The summed E-state index contributed by atoms with van der Waals surface area (Å²) in [5.41, 5.74) is 0.0151. The van der Waals surface area contributed by atoms with Crippen molar-refractivity contribution in [3.05, 3.63) is 58.9 Å². The van der Waals surface area contributed by atoms with E-state index in [0.29, 0.717) is 22.8 Å². The third-order valence-electron chi connectivity index (χ3n) is 3.50. The van der Waals surface area contributed by atoms with Gasteiger partial charge < -0.3 is 24.3 Å². The number of nitrogens with one attached hydrogen (secondary N) is 1. The van der Waals surface area contributed by atoms with E-state index in [2.05, 4.69) is 9.97 Å². The van der Waals surface area contributed by atoms with Crippen molar-refractivity contribution in [3.8, 4) is 40.3 Å². The number of aromatic nitrogens is 2. The number of hydrogen-bond acceptors (Lipinski definition) is 6. The highest BCUT2D eigenvalue weighted by Gasteiger charge is 2.16. The van der Waals surface area contributed by atoms with Crippen molar-refractivity contribution >= 4 is 0 Å². The fourth-order valence-corrected chi connectivity index (χ4v) is 2.24. The molecule has 3 aromatic rings. The van der Waals surface area contributed by atoms with Crippen molar-refractivity contribution in [3.63, 3.8) is 0 Å². The molecule has 1 heterocycles. The maximum atomic E-state index is 12.3. The number of benzene rings is 2. The number of nitrogens with zero attached hydrogens (tertiary/aromatic N) is 1. The van der Waals surface area contributed by atoms with Gasteiger partial charge in [-0.2, -0.15) is 4.98 Å². The minimum atomic E-state index is -0.607. The Morgan fingerprint density at radius 2 is 1.64 bits per heavy atom. The van der Waals surface area contributed by atoms with Gasteiger partial charge in [0.15, 0.2) is 11.5 Å². The molecule has 1 aromatic heterocycles. The maximum absolute atomic E-state index is 12.3. The zero-order valence-electron chi connectivity index (χ0n) is 13.6.